The van der Waals surface area contributed by atoms with E-state index in [1.165, 1.54) is 0 Å². The molecule has 3 aromatic rings. The number of hydrogen-bond acceptors (Lipinski definition) is 7. The van der Waals surface area contributed by atoms with Gasteiger partial charge in [-0.3, -0.25) is 10.2 Å². The average molecular weight is 518 g/mol. The van der Waals surface area contributed by atoms with Crippen molar-refractivity contribution in [1.82, 2.24) is 10.9 Å². The SMILES string of the molecule is COc1ccccc1CCNNC(=O)[C@@]1(Cc2ccccc2)N=C(c2ccc(OCCCO)cc2)O[C@H]1C. The number of benzene rings is 3. The van der Waals surface area contributed by atoms with Gasteiger partial charge in [0.25, 0.3) is 5.91 Å². The third-order valence-corrected chi connectivity index (χ3v) is 6.56. The van der Waals surface area contributed by atoms with E-state index >= 15 is 0 Å². The van der Waals surface area contributed by atoms with E-state index in [0.29, 0.717) is 44.1 Å². The first-order valence-corrected chi connectivity index (χ1v) is 12.9. The third kappa shape index (κ3) is 6.51. The molecule has 0 spiro atoms. The van der Waals surface area contributed by atoms with Gasteiger partial charge in [-0.15, -0.1) is 0 Å². The van der Waals surface area contributed by atoms with Gasteiger partial charge in [0.15, 0.2) is 5.54 Å². The Morgan fingerprint density at radius 2 is 1.79 bits per heavy atom. The number of carbonyl (C=O) groups excluding carboxylic acids is 1. The van der Waals surface area contributed by atoms with Gasteiger partial charge in [-0.25, -0.2) is 10.4 Å². The number of hydrazine groups is 1. The van der Waals surface area contributed by atoms with Crippen LogP contribution in [0.15, 0.2) is 83.9 Å². The van der Waals surface area contributed by atoms with Crippen LogP contribution in [0.5, 0.6) is 11.5 Å². The van der Waals surface area contributed by atoms with E-state index in [4.69, 9.17) is 24.3 Å². The molecule has 0 saturated heterocycles. The summed E-state index contributed by atoms with van der Waals surface area (Å²) in [4.78, 5) is 18.6. The summed E-state index contributed by atoms with van der Waals surface area (Å²) in [6, 6.07) is 25.0. The van der Waals surface area contributed by atoms with Crippen molar-refractivity contribution in [3.05, 3.63) is 95.6 Å². The van der Waals surface area contributed by atoms with Crippen LogP contribution in [-0.4, -0.2) is 55.4 Å². The van der Waals surface area contributed by atoms with Crippen LogP contribution in [-0.2, 0) is 22.4 Å². The zero-order valence-corrected chi connectivity index (χ0v) is 21.9. The van der Waals surface area contributed by atoms with Crippen molar-refractivity contribution in [2.24, 2.45) is 4.99 Å². The molecule has 8 heteroatoms. The summed E-state index contributed by atoms with van der Waals surface area (Å²) in [6.45, 7) is 2.92. The van der Waals surface area contributed by atoms with Crippen LogP contribution in [0.2, 0.25) is 0 Å². The number of aliphatic hydroxyl groups excluding tert-OH is 1. The highest BCUT2D eigenvalue weighted by Gasteiger charge is 2.50. The summed E-state index contributed by atoms with van der Waals surface area (Å²) in [6.07, 6.45) is 1.15. The smallest absolute Gasteiger partial charge is 0.266 e. The molecule has 0 aliphatic carbocycles. The van der Waals surface area contributed by atoms with Crippen LogP contribution in [0, 0.1) is 0 Å². The minimum Gasteiger partial charge on any atom is -0.496 e. The second-order valence-corrected chi connectivity index (χ2v) is 9.16. The highest BCUT2D eigenvalue weighted by molar-refractivity contribution is 6.00. The molecule has 4 rings (SSSR count). The molecule has 8 nitrogen and oxygen atoms in total. The van der Waals surface area contributed by atoms with E-state index < -0.39 is 11.6 Å². The summed E-state index contributed by atoms with van der Waals surface area (Å²) in [5, 5.41) is 8.94. The molecule has 3 aromatic carbocycles. The van der Waals surface area contributed by atoms with Gasteiger partial charge < -0.3 is 19.3 Å². The Hall–Kier alpha value is -3.88. The Bertz CT molecular complexity index is 1220. The number of aliphatic imine (C=N–C) groups is 1. The topological polar surface area (TPSA) is 101 Å². The maximum Gasteiger partial charge on any atom is 0.266 e. The first kappa shape index (κ1) is 27.2. The lowest BCUT2D eigenvalue weighted by Crippen LogP contribution is -2.56. The van der Waals surface area contributed by atoms with E-state index in [1.807, 2.05) is 85.8 Å². The van der Waals surface area contributed by atoms with E-state index in [-0.39, 0.29) is 12.5 Å². The van der Waals surface area contributed by atoms with Crippen molar-refractivity contribution in [1.29, 1.82) is 0 Å². The van der Waals surface area contributed by atoms with Gasteiger partial charge >= 0.3 is 0 Å². The van der Waals surface area contributed by atoms with Crippen LogP contribution in [0.3, 0.4) is 0 Å². The van der Waals surface area contributed by atoms with Crippen molar-refractivity contribution >= 4 is 11.8 Å². The molecule has 0 radical (unpaired) electrons. The highest BCUT2D eigenvalue weighted by atomic mass is 16.5. The number of nitrogens with zero attached hydrogens (tertiary/aromatic N) is 1. The largest absolute Gasteiger partial charge is 0.496 e. The fourth-order valence-electron chi connectivity index (χ4n) is 4.41. The molecule has 1 aliphatic rings. The van der Waals surface area contributed by atoms with E-state index in [9.17, 15) is 4.79 Å². The number of ether oxygens (including phenoxy) is 3. The third-order valence-electron chi connectivity index (χ3n) is 6.56. The van der Waals surface area contributed by atoms with E-state index in [2.05, 4.69) is 10.9 Å². The average Bonchev–Trinajstić information content (AvgIpc) is 3.29. The van der Waals surface area contributed by atoms with Gasteiger partial charge in [0, 0.05) is 31.6 Å². The number of methoxy groups -OCH3 is 1. The number of rotatable bonds is 13. The van der Waals surface area contributed by atoms with E-state index in [1.54, 1.807) is 7.11 Å². The summed E-state index contributed by atoms with van der Waals surface area (Å²) in [7, 11) is 1.65. The number of carbonyl (C=O) groups is 1. The summed E-state index contributed by atoms with van der Waals surface area (Å²) in [5.41, 5.74) is 7.60. The number of nitrogens with one attached hydrogen (secondary N) is 2. The van der Waals surface area contributed by atoms with Gasteiger partial charge in [0.2, 0.25) is 5.90 Å². The van der Waals surface area contributed by atoms with Gasteiger partial charge in [-0.05, 0) is 54.8 Å². The Kier molecular flexibility index (Phi) is 9.35. The summed E-state index contributed by atoms with van der Waals surface area (Å²) >= 11 is 0. The molecule has 2 atom stereocenters. The van der Waals surface area contributed by atoms with Crippen molar-refractivity contribution in [3.63, 3.8) is 0 Å². The molecule has 1 heterocycles. The predicted octanol–water partition coefficient (Wildman–Crippen LogP) is 3.47. The van der Waals surface area contributed by atoms with Crippen molar-refractivity contribution in [2.75, 3.05) is 26.9 Å². The number of aliphatic hydroxyl groups is 1. The standard InChI is InChI=1S/C30H35N3O5/c1-22-30(21-23-9-4-3-5-10-23,29(35)33-31-18-17-24-11-6-7-12-27(24)36-2)32-28(38-22)25-13-15-26(16-14-25)37-20-8-19-34/h3-7,9-16,22,31,34H,8,17-21H2,1-2H3,(H,33,35)/t22-,30-/m0/s1. The second kappa shape index (κ2) is 13.1. The Morgan fingerprint density at radius 1 is 1.05 bits per heavy atom. The zero-order valence-electron chi connectivity index (χ0n) is 21.9. The van der Waals surface area contributed by atoms with Crippen LogP contribution in [0.1, 0.15) is 30.0 Å². The van der Waals surface area contributed by atoms with Crippen LogP contribution < -0.4 is 20.3 Å². The molecule has 0 aromatic heterocycles. The maximum atomic E-state index is 13.7. The fourth-order valence-corrected chi connectivity index (χ4v) is 4.41. The summed E-state index contributed by atoms with van der Waals surface area (Å²) in [5.74, 6) is 1.67. The molecular formula is C30H35N3O5. The van der Waals surface area contributed by atoms with Crippen molar-refractivity contribution in [2.45, 2.75) is 37.8 Å². The Labute approximate surface area is 223 Å². The molecule has 0 unspecified atom stereocenters. The van der Waals surface area contributed by atoms with Gasteiger partial charge in [-0.2, -0.15) is 0 Å². The molecular weight excluding hydrogens is 482 g/mol. The van der Waals surface area contributed by atoms with Crippen molar-refractivity contribution in [3.8, 4) is 11.5 Å². The Morgan fingerprint density at radius 3 is 2.53 bits per heavy atom. The quantitative estimate of drug-likeness (QED) is 0.237. The lowest BCUT2D eigenvalue weighted by Gasteiger charge is -2.28. The lowest BCUT2D eigenvalue weighted by molar-refractivity contribution is -0.129. The lowest BCUT2D eigenvalue weighted by atomic mass is 9.86. The van der Waals surface area contributed by atoms with Crippen LogP contribution in [0.25, 0.3) is 0 Å². The summed E-state index contributed by atoms with van der Waals surface area (Å²) < 4.78 is 17.2. The molecule has 1 aliphatic heterocycles. The molecule has 38 heavy (non-hydrogen) atoms. The molecule has 0 bridgehead atoms. The molecule has 0 saturated carbocycles. The molecule has 200 valence electrons. The zero-order chi connectivity index (χ0) is 26.8. The highest BCUT2D eigenvalue weighted by Crippen LogP contribution is 2.32. The van der Waals surface area contributed by atoms with Gasteiger partial charge in [-0.1, -0.05) is 48.5 Å². The maximum absolute atomic E-state index is 13.7. The fraction of sp³-hybridized carbons (Fsp3) is 0.333. The van der Waals surface area contributed by atoms with Gasteiger partial charge in [0.05, 0.1) is 13.7 Å². The van der Waals surface area contributed by atoms with Crippen molar-refractivity contribution < 1.29 is 24.1 Å². The molecule has 1 amide bonds. The monoisotopic (exact) mass is 517 g/mol. The first-order valence-electron chi connectivity index (χ1n) is 12.9. The van der Waals surface area contributed by atoms with Crippen LogP contribution in [0.4, 0.5) is 0 Å². The number of para-hydroxylation sites is 1. The number of hydrogen-bond donors (Lipinski definition) is 3. The second-order valence-electron chi connectivity index (χ2n) is 9.16. The predicted molar refractivity (Wildman–Crippen MR) is 146 cm³/mol. The van der Waals surface area contributed by atoms with Crippen LogP contribution >= 0.6 is 0 Å². The minimum absolute atomic E-state index is 0.0848. The molecule has 0 fully saturated rings. The van der Waals surface area contributed by atoms with Gasteiger partial charge in [0.1, 0.15) is 17.6 Å². The normalized spacial score (nSPS) is 18.4. The molecule has 3 N–H and O–H groups in total. The first-order chi connectivity index (χ1) is 18.6. The van der Waals surface area contributed by atoms with E-state index in [0.717, 1.165) is 22.4 Å². The number of amides is 1. The minimum atomic E-state index is -1.15. The Balaban J connectivity index is 1.49.